The van der Waals surface area contributed by atoms with Crippen LogP contribution in [0, 0.1) is 12.8 Å². The predicted molar refractivity (Wildman–Crippen MR) is 118 cm³/mol. The van der Waals surface area contributed by atoms with Crippen molar-refractivity contribution in [3.05, 3.63) is 40.9 Å². The highest BCUT2D eigenvalue weighted by atomic mass is 35.5. The van der Waals surface area contributed by atoms with Gasteiger partial charge in [0.15, 0.2) is 5.11 Å². The Morgan fingerprint density at radius 2 is 2.15 bits per heavy atom. The summed E-state index contributed by atoms with van der Waals surface area (Å²) in [6, 6.07) is 5.89. The number of nitrogens with one attached hydrogen (secondary N) is 1. The molecule has 4 nitrogen and oxygen atoms in total. The molecule has 1 atom stereocenters. The van der Waals surface area contributed by atoms with Crippen LogP contribution in [-0.2, 0) is 4.74 Å². The summed E-state index contributed by atoms with van der Waals surface area (Å²) in [6.07, 6.45) is 8.16. The molecular formula is C21H30ClN3OS. The maximum atomic E-state index is 6.18. The summed E-state index contributed by atoms with van der Waals surface area (Å²) in [5.74, 6) is 0.667. The van der Waals surface area contributed by atoms with E-state index in [2.05, 4.69) is 34.2 Å². The minimum Gasteiger partial charge on any atom is -0.379 e. The van der Waals surface area contributed by atoms with Gasteiger partial charge in [0.1, 0.15) is 0 Å². The van der Waals surface area contributed by atoms with E-state index in [0.29, 0.717) is 5.92 Å². The van der Waals surface area contributed by atoms with Gasteiger partial charge in [0, 0.05) is 43.4 Å². The monoisotopic (exact) mass is 407 g/mol. The summed E-state index contributed by atoms with van der Waals surface area (Å²) in [5, 5.41) is 4.96. The number of thiocarbonyl (C=S) groups is 1. The van der Waals surface area contributed by atoms with Crippen LogP contribution in [0.25, 0.3) is 0 Å². The van der Waals surface area contributed by atoms with Crippen LogP contribution in [0.15, 0.2) is 30.4 Å². The standard InChI is InChI=1S/C21H30ClN3OS/c1-17-7-8-19(22)15-20(17)23-21(27)25(16-18-5-3-2-4-6-18)10-9-24-11-13-26-14-12-24/h2-3,7-8,15,18H,4-6,9-14,16H2,1H3,(H,23,27). The smallest absolute Gasteiger partial charge is 0.173 e. The van der Waals surface area contributed by atoms with Gasteiger partial charge in [-0.25, -0.2) is 0 Å². The maximum absolute atomic E-state index is 6.18. The van der Waals surface area contributed by atoms with E-state index >= 15 is 0 Å². The second-order valence-corrected chi connectivity index (χ2v) is 8.26. The number of aryl methyl sites for hydroxylation is 1. The zero-order valence-corrected chi connectivity index (χ0v) is 17.7. The molecule has 0 aromatic heterocycles. The normalized spacial score (nSPS) is 20.4. The Hall–Kier alpha value is -1.14. The topological polar surface area (TPSA) is 27.7 Å². The fourth-order valence-corrected chi connectivity index (χ4v) is 4.07. The molecule has 3 rings (SSSR count). The van der Waals surface area contributed by atoms with Crippen molar-refractivity contribution >= 4 is 34.6 Å². The van der Waals surface area contributed by atoms with E-state index in [0.717, 1.165) is 73.7 Å². The van der Waals surface area contributed by atoms with Gasteiger partial charge in [0.05, 0.1) is 13.2 Å². The molecule has 0 spiro atoms. The van der Waals surface area contributed by atoms with Gasteiger partial charge in [-0.2, -0.15) is 0 Å². The van der Waals surface area contributed by atoms with Crippen molar-refractivity contribution in [2.45, 2.75) is 26.2 Å². The van der Waals surface area contributed by atoms with Crippen LogP contribution in [0.3, 0.4) is 0 Å². The van der Waals surface area contributed by atoms with Crippen molar-refractivity contribution in [1.82, 2.24) is 9.80 Å². The van der Waals surface area contributed by atoms with Crippen molar-refractivity contribution in [2.24, 2.45) is 5.92 Å². The lowest BCUT2D eigenvalue weighted by molar-refractivity contribution is 0.0356. The molecule has 1 unspecified atom stereocenters. The molecule has 1 aromatic rings. The number of allylic oxidation sites excluding steroid dienone is 2. The minimum atomic E-state index is 0.667. The van der Waals surface area contributed by atoms with E-state index in [4.69, 9.17) is 28.6 Å². The Morgan fingerprint density at radius 1 is 1.33 bits per heavy atom. The van der Waals surface area contributed by atoms with Crippen molar-refractivity contribution < 1.29 is 4.74 Å². The van der Waals surface area contributed by atoms with Crippen LogP contribution >= 0.6 is 23.8 Å². The molecule has 2 aliphatic rings. The summed E-state index contributed by atoms with van der Waals surface area (Å²) >= 11 is 12.0. The predicted octanol–water partition coefficient (Wildman–Crippen LogP) is 4.34. The number of ether oxygens (including phenoxy) is 1. The van der Waals surface area contributed by atoms with Crippen LogP contribution in [-0.4, -0.2) is 60.8 Å². The lowest BCUT2D eigenvalue weighted by Gasteiger charge is -2.34. The fraction of sp³-hybridized carbons (Fsp3) is 0.571. The third-order valence-electron chi connectivity index (χ3n) is 5.37. The third-order valence-corrected chi connectivity index (χ3v) is 5.97. The van der Waals surface area contributed by atoms with Crippen LogP contribution < -0.4 is 5.32 Å². The second-order valence-electron chi connectivity index (χ2n) is 7.44. The van der Waals surface area contributed by atoms with Crippen LogP contribution in [0.2, 0.25) is 5.02 Å². The number of hydrogen-bond donors (Lipinski definition) is 1. The molecule has 0 bridgehead atoms. The van der Waals surface area contributed by atoms with Gasteiger partial charge in [-0.1, -0.05) is 29.8 Å². The van der Waals surface area contributed by atoms with E-state index in [9.17, 15) is 0 Å². The lowest BCUT2D eigenvalue weighted by atomic mass is 9.94. The van der Waals surface area contributed by atoms with Crippen molar-refractivity contribution in [3.8, 4) is 0 Å². The number of halogens is 1. The van der Waals surface area contributed by atoms with Crippen molar-refractivity contribution in [3.63, 3.8) is 0 Å². The fourth-order valence-electron chi connectivity index (χ4n) is 3.62. The number of hydrogen-bond acceptors (Lipinski definition) is 3. The average Bonchev–Trinajstić information content (AvgIpc) is 2.69. The largest absolute Gasteiger partial charge is 0.379 e. The first-order valence-electron chi connectivity index (χ1n) is 9.89. The summed E-state index contributed by atoms with van der Waals surface area (Å²) in [7, 11) is 0. The molecule has 27 heavy (non-hydrogen) atoms. The maximum Gasteiger partial charge on any atom is 0.173 e. The molecule has 1 aliphatic carbocycles. The Morgan fingerprint density at radius 3 is 2.89 bits per heavy atom. The molecule has 1 heterocycles. The Labute approximate surface area is 173 Å². The second kappa shape index (κ2) is 10.4. The van der Waals surface area contributed by atoms with Crippen LogP contribution in [0.1, 0.15) is 24.8 Å². The van der Waals surface area contributed by atoms with Crippen molar-refractivity contribution in [1.29, 1.82) is 0 Å². The molecule has 0 amide bonds. The summed E-state index contributed by atoms with van der Waals surface area (Å²) in [5.41, 5.74) is 2.14. The number of benzene rings is 1. The molecule has 6 heteroatoms. The van der Waals surface area contributed by atoms with E-state index in [-0.39, 0.29) is 0 Å². The minimum absolute atomic E-state index is 0.667. The zero-order valence-electron chi connectivity index (χ0n) is 16.1. The number of anilines is 1. The zero-order chi connectivity index (χ0) is 19.1. The van der Waals surface area contributed by atoms with E-state index in [1.54, 1.807) is 0 Å². The quantitative estimate of drug-likeness (QED) is 0.559. The molecular weight excluding hydrogens is 378 g/mol. The first-order chi connectivity index (χ1) is 13.1. The Balaban J connectivity index is 1.63. The highest BCUT2D eigenvalue weighted by Gasteiger charge is 2.19. The first kappa shape index (κ1) is 20.6. The highest BCUT2D eigenvalue weighted by molar-refractivity contribution is 7.80. The van der Waals surface area contributed by atoms with Gasteiger partial charge in [-0.15, -0.1) is 0 Å². The Bertz CT molecular complexity index is 661. The van der Waals surface area contributed by atoms with E-state index < -0.39 is 0 Å². The number of rotatable bonds is 6. The molecule has 0 saturated carbocycles. The van der Waals surface area contributed by atoms with Crippen molar-refractivity contribution in [2.75, 3.05) is 51.3 Å². The molecule has 1 N–H and O–H groups in total. The van der Waals surface area contributed by atoms with Crippen LogP contribution in [0.4, 0.5) is 5.69 Å². The summed E-state index contributed by atoms with van der Waals surface area (Å²) in [6.45, 7) is 8.70. The lowest BCUT2D eigenvalue weighted by Crippen LogP contribution is -2.45. The molecule has 1 aliphatic heterocycles. The van der Waals surface area contributed by atoms with Crippen LogP contribution in [0.5, 0.6) is 0 Å². The van der Waals surface area contributed by atoms with E-state index in [1.807, 2.05) is 18.2 Å². The molecule has 1 fully saturated rings. The average molecular weight is 408 g/mol. The van der Waals surface area contributed by atoms with Gasteiger partial charge in [0.2, 0.25) is 0 Å². The number of nitrogens with zero attached hydrogens (tertiary/aromatic N) is 2. The molecule has 1 aromatic carbocycles. The van der Waals surface area contributed by atoms with Gasteiger partial charge >= 0.3 is 0 Å². The van der Waals surface area contributed by atoms with Gasteiger partial charge < -0.3 is 15.0 Å². The molecule has 1 saturated heterocycles. The summed E-state index contributed by atoms with van der Waals surface area (Å²) < 4.78 is 5.47. The molecule has 148 valence electrons. The first-order valence-corrected chi connectivity index (χ1v) is 10.7. The molecule has 0 radical (unpaired) electrons. The van der Waals surface area contributed by atoms with E-state index in [1.165, 1.54) is 12.8 Å². The Kier molecular flexibility index (Phi) is 7.94. The third kappa shape index (κ3) is 6.46. The van der Waals surface area contributed by atoms with Gasteiger partial charge in [-0.05, 0) is 62.0 Å². The number of morpholine rings is 1. The SMILES string of the molecule is Cc1ccc(Cl)cc1NC(=S)N(CCN1CCOCC1)CC1CC=CCC1. The van der Waals surface area contributed by atoms with Gasteiger partial charge in [0.25, 0.3) is 0 Å². The highest BCUT2D eigenvalue weighted by Crippen LogP contribution is 2.22. The van der Waals surface area contributed by atoms with Gasteiger partial charge in [-0.3, -0.25) is 4.90 Å². The summed E-state index contributed by atoms with van der Waals surface area (Å²) in [4.78, 5) is 4.81.